The summed E-state index contributed by atoms with van der Waals surface area (Å²) in [5.74, 6) is -0.724. The Bertz CT molecular complexity index is 646. The van der Waals surface area contributed by atoms with Gasteiger partial charge in [0, 0.05) is 18.9 Å². The molecule has 1 aromatic heterocycles. The summed E-state index contributed by atoms with van der Waals surface area (Å²) in [5.41, 5.74) is 1.09. The number of hydrogen-bond donors (Lipinski definition) is 0. The third-order valence-electron chi connectivity index (χ3n) is 2.63. The second kappa shape index (κ2) is 5.27. The van der Waals surface area contributed by atoms with E-state index < -0.39 is 0 Å². The topological polar surface area (TPSA) is 57.0 Å². The Hall–Kier alpha value is -2.74. The molecule has 0 aliphatic rings. The van der Waals surface area contributed by atoms with E-state index in [0.717, 1.165) is 0 Å². The number of carbonyl (C=O) groups excluding carboxylic acids is 1. The fourth-order valence-corrected chi connectivity index (χ4v) is 1.57. The predicted molar refractivity (Wildman–Crippen MR) is 68.1 cm³/mol. The molecule has 5 heteroatoms. The monoisotopic (exact) mass is 255 g/mol. The van der Waals surface area contributed by atoms with Gasteiger partial charge in [-0.05, 0) is 36.4 Å². The molecule has 94 valence electrons. The van der Waals surface area contributed by atoms with E-state index in [4.69, 9.17) is 5.26 Å². The largest absolute Gasteiger partial charge is 0.310 e. The number of rotatable bonds is 2. The smallest absolute Gasteiger partial charge is 0.276 e. The number of anilines is 1. The Kier molecular flexibility index (Phi) is 3.53. The van der Waals surface area contributed by atoms with Crippen LogP contribution in [0.5, 0.6) is 0 Å². The predicted octanol–water partition coefficient (Wildman–Crippen LogP) is 2.37. The number of amides is 1. The maximum Gasteiger partial charge on any atom is 0.276 e. The first-order valence-corrected chi connectivity index (χ1v) is 5.51. The highest BCUT2D eigenvalue weighted by molar-refractivity contribution is 6.04. The molecule has 0 saturated carbocycles. The van der Waals surface area contributed by atoms with Gasteiger partial charge in [-0.1, -0.05) is 0 Å². The molecule has 0 bridgehead atoms. The quantitative estimate of drug-likeness (QED) is 0.827. The van der Waals surface area contributed by atoms with Crippen molar-refractivity contribution in [3.05, 3.63) is 59.7 Å². The van der Waals surface area contributed by atoms with Crippen LogP contribution in [-0.2, 0) is 0 Å². The maximum absolute atomic E-state index is 12.8. The molecule has 0 spiro atoms. The van der Waals surface area contributed by atoms with Crippen LogP contribution < -0.4 is 4.90 Å². The van der Waals surface area contributed by atoms with Crippen molar-refractivity contribution in [3.63, 3.8) is 0 Å². The molecule has 1 heterocycles. The molecule has 1 aromatic carbocycles. The van der Waals surface area contributed by atoms with Crippen molar-refractivity contribution >= 4 is 11.6 Å². The zero-order valence-corrected chi connectivity index (χ0v) is 10.2. The Balaban J connectivity index is 2.28. The number of halogens is 1. The summed E-state index contributed by atoms with van der Waals surface area (Å²) in [5, 5.41) is 8.79. The van der Waals surface area contributed by atoms with Crippen LogP contribution >= 0.6 is 0 Å². The Morgan fingerprint density at radius 2 is 2.00 bits per heavy atom. The minimum Gasteiger partial charge on any atom is -0.310 e. The van der Waals surface area contributed by atoms with Crippen LogP contribution in [0.25, 0.3) is 0 Å². The molecule has 0 atom stereocenters. The molecule has 19 heavy (non-hydrogen) atoms. The summed E-state index contributed by atoms with van der Waals surface area (Å²) in [6.07, 6.45) is 1.41. The van der Waals surface area contributed by atoms with Crippen molar-refractivity contribution < 1.29 is 9.18 Å². The van der Waals surface area contributed by atoms with Crippen LogP contribution in [0.15, 0.2) is 42.6 Å². The summed E-state index contributed by atoms with van der Waals surface area (Å²) in [4.78, 5) is 17.4. The third kappa shape index (κ3) is 2.75. The molecular weight excluding hydrogens is 245 g/mol. The van der Waals surface area contributed by atoms with Crippen molar-refractivity contribution in [2.45, 2.75) is 0 Å². The van der Waals surface area contributed by atoms with Crippen LogP contribution in [0.3, 0.4) is 0 Å². The molecule has 0 fully saturated rings. The van der Waals surface area contributed by atoms with Crippen LogP contribution in [0, 0.1) is 17.1 Å². The first-order chi connectivity index (χ1) is 9.11. The van der Waals surface area contributed by atoms with Crippen molar-refractivity contribution in [3.8, 4) is 6.07 Å². The lowest BCUT2D eigenvalue weighted by Crippen LogP contribution is -2.27. The van der Waals surface area contributed by atoms with Crippen molar-refractivity contribution in [2.75, 3.05) is 11.9 Å². The Morgan fingerprint density at radius 3 is 2.63 bits per heavy atom. The zero-order valence-electron chi connectivity index (χ0n) is 10.2. The van der Waals surface area contributed by atoms with Gasteiger partial charge in [0.05, 0.1) is 11.6 Å². The second-order valence-corrected chi connectivity index (χ2v) is 3.88. The number of pyridine rings is 1. The molecule has 0 saturated heterocycles. The number of benzene rings is 1. The summed E-state index contributed by atoms with van der Waals surface area (Å²) >= 11 is 0. The van der Waals surface area contributed by atoms with Gasteiger partial charge < -0.3 is 4.90 Å². The first-order valence-electron chi connectivity index (χ1n) is 5.51. The number of nitriles is 1. The van der Waals surface area contributed by atoms with Crippen LogP contribution in [0.4, 0.5) is 10.1 Å². The number of nitrogens with zero attached hydrogens (tertiary/aromatic N) is 3. The van der Waals surface area contributed by atoms with Crippen molar-refractivity contribution in [1.29, 1.82) is 5.26 Å². The summed E-state index contributed by atoms with van der Waals surface area (Å²) in [6.45, 7) is 0. The van der Waals surface area contributed by atoms with Gasteiger partial charge in [-0.15, -0.1) is 0 Å². The van der Waals surface area contributed by atoms with E-state index in [0.29, 0.717) is 11.3 Å². The number of carbonyl (C=O) groups is 1. The molecule has 0 aliphatic heterocycles. The number of hydrogen-bond acceptors (Lipinski definition) is 3. The molecule has 2 aromatic rings. The van der Waals surface area contributed by atoms with E-state index in [1.165, 1.54) is 47.5 Å². The second-order valence-electron chi connectivity index (χ2n) is 3.88. The Morgan fingerprint density at radius 1 is 1.32 bits per heavy atom. The summed E-state index contributed by atoms with van der Waals surface area (Å²) in [6, 6.07) is 10.4. The van der Waals surface area contributed by atoms with E-state index in [1.807, 2.05) is 6.07 Å². The van der Waals surface area contributed by atoms with Gasteiger partial charge in [0.1, 0.15) is 11.5 Å². The average molecular weight is 255 g/mol. The van der Waals surface area contributed by atoms with Gasteiger partial charge in [-0.3, -0.25) is 9.78 Å². The molecule has 0 radical (unpaired) electrons. The van der Waals surface area contributed by atoms with E-state index in [-0.39, 0.29) is 17.4 Å². The molecule has 0 unspecified atom stereocenters. The van der Waals surface area contributed by atoms with Crippen LogP contribution in [-0.4, -0.2) is 17.9 Å². The van der Waals surface area contributed by atoms with Gasteiger partial charge in [-0.2, -0.15) is 5.26 Å². The SMILES string of the molecule is CN(C(=O)c1cc(C#N)ccn1)c1ccc(F)cc1. The lowest BCUT2D eigenvalue weighted by molar-refractivity contribution is 0.0988. The summed E-state index contributed by atoms with van der Waals surface area (Å²) in [7, 11) is 1.57. The molecule has 2 rings (SSSR count). The van der Waals surface area contributed by atoms with E-state index in [2.05, 4.69) is 4.98 Å². The number of aromatic nitrogens is 1. The van der Waals surface area contributed by atoms with Crippen LogP contribution in [0.2, 0.25) is 0 Å². The third-order valence-corrected chi connectivity index (χ3v) is 2.63. The maximum atomic E-state index is 12.8. The lowest BCUT2D eigenvalue weighted by Gasteiger charge is -2.16. The molecule has 4 nitrogen and oxygen atoms in total. The van der Waals surface area contributed by atoms with Crippen LogP contribution in [0.1, 0.15) is 16.1 Å². The van der Waals surface area contributed by atoms with Gasteiger partial charge in [-0.25, -0.2) is 4.39 Å². The zero-order chi connectivity index (χ0) is 13.8. The highest BCUT2D eigenvalue weighted by Crippen LogP contribution is 2.15. The minimum atomic E-state index is -0.366. The molecule has 0 aliphatic carbocycles. The van der Waals surface area contributed by atoms with Gasteiger partial charge in [0.25, 0.3) is 5.91 Å². The standard InChI is InChI=1S/C14H10FN3O/c1-18(12-4-2-11(15)3-5-12)14(19)13-8-10(9-16)6-7-17-13/h2-8H,1H3. The molecule has 1 amide bonds. The Labute approximate surface area is 109 Å². The van der Waals surface area contributed by atoms with Gasteiger partial charge >= 0.3 is 0 Å². The fraction of sp³-hybridized carbons (Fsp3) is 0.0714. The summed E-state index contributed by atoms with van der Waals surface area (Å²) < 4.78 is 12.8. The lowest BCUT2D eigenvalue weighted by atomic mass is 10.2. The highest BCUT2D eigenvalue weighted by Gasteiger charge is 2.15. The highest BCUT2D eigenvalue weighted by atomic mass is 19.1. The molecule has 0 N–H and O–H groups in total. The van der Waals surface area contributed by atoms with Gasteiger partial charge in [0.15, 0.2) is 0 Å². The van der Waals surface area contributed by atoms with E-state index in [1.54, 1.807) is 7.05 Å². The average Bonchev–Trinajstić information content (AvgIpc) is 2.46. The fourth-order valence-electron chi connectivity index (χ4n) is 1.57. The van der Waals surface area contributed by atoms with E-state index in [9.17, 15) is 9.18 Å². The van der Waals surface area contributed by atoms with Gasteiger partial charge in [0.2, 0.25) is 0 Å². The van der Waals surface area contributed by atoms with Crippen molar-refractivity contribution in [1.82, 2.24) is 4.98 Å². The van der Waals surface area contributed by atoms with Crippen molar-refractivity contribution in [2.24, 2.45) is 0 Å². The first kappa shape index (κ1) is 12.7. The normalized spacial score (nSPS) is 9.74. The molecular formula is C14H10FN3O. The minimum absolute atomic E-state index is 0.172. The van der Waals surface area contributed by atoms with E-state index >= 15 is 0 Å².